The summed E-state index contributed by atoms with van der Waals surface area (Å²) in [6, 6.07) is 9.04. The molecule has 100 valence electrons. The number of nitrogens with zero attached hydrogens (tertiary/aromatic N) is 3. The quantitative estimate of drug-likeness (QED) is 0.912. The van der Waals surface area contributed by atoms with Gasteiger partial charge < -0.3 is 10.5 Å². The molecule has 2 unspecified atom stereocenters. The van der Waals surface area contributed by atoms with Gasteiger partial charge in [-0.05, 0) is 12.1 Å². The number of nitrogens with two attached hydrogens (primary N) is 1. The summed E-state index contributed by atoms with van der Waals surface area (Å²) in [5.74, 6) is 1.92. The Morgan fingerprint density at radius 2 is 2.16 bits per heavy atom. The van der Waals surface area contributed by atoms with Gasteiger partial charge in [0.2, 0.25) is 0 Å². The predicted octanol–water partition coefficient (Wildman–Crippen LogP) is 1.60. The molecule has 3 rings (SSSR count). The van der Waals surface area contributed by atoms with Gasteiger partial charge in [0.15, 0.2) is 5.82 Å². The van der Waals surface area contributed by atoms with Crippen molar-refractivity contribution in [1.29, 1.82) is 0 Å². The minimum absolute atomic E-state index is 0.224. The van der Waals surface area contributed by atoms with Gasteiger partial charge in [0.05, 0.1) is 12.6 Å². The van der Waals surface area contributed by atoms with Crippen molar-refractivity contribution in [2.75, 3.05) is 0 Å². The Kier molecular flexibility index (Phi) is 3.16. The van der Waals surface area contributed by atoms with E-state index in [1.807, 2.05) is 30.3 Å². The second-order valence-electron chi connectivity index (χ2n) is 4.61. The third-order valence-electron chi connectivity index (χ3n) is 3.07. The Morgan fingerprint density at radius 1 is 1.37 bits per heavy atom. The third kappa shape index (κ3) is 2.58. The molecule has 1 aromatic heterocycles. The van der Waals surface area contributed by atoms with Gasteiger partial charge in [0.1, 0.15) is 24.4 Å². The van der Waals surface area contributed by atoms with E-state index in [4.69, 9.17) is 10.5 Å². The number of rotatable bonds is 3. The zero-order valence-corrected chi connectivity index (χ0v) is 10.4. The van der Waals surface area contributed by atoms with Crippen LogP contribution >= 0.6 is 0 Å². The van der Waals surface area contributed by atoms with Crippen molar-refractivity contribution in [1.82, 2.24) is 14.8 Å². The minimum Gasteiger partial charge on any atom is -0.486 e. The number of halogens is 1. The van der Waals surface area contributed by atoms with E-state index in [9.17, 15) is 4.39 Å². The summed E-state index contributed by atoms with van der Waals surface area (Å²) in [5.41, 5.74) is 5.85. The fourth-order valence-electron chi connectivity index (χ4n) is 2.18. The van der Waals surface area contributed by atoms with E-state index in [-0.39, 0.29) is 19.2 Å². The summed E-state index contributed by atoms with van der Waals surface area (Å²) in [7, 11) is 0. The van der Waals surface area contributed by atoms with Crippen LogP contribution in [0.1, 0.15) is 24.1 Å². The second kappa shape index (κ2) is 4.97. The largest absolute Gasteiger partial charge is 0.486 e. The molecule has 2 aromatic rings. The summed E-state index contributed by atoms with van der Waals surface area (Å²) >= 11 is 0. The number of alkyl halides is 1. The van der Waals surface area contributed by atoms with Gasteiger partial charge in [0.25, 0.3) is 0 Å². The molecule has 2 N–H and O–H groups in total. The van der Waals surface area contributed by atoms with Gasteiger partial charge in [-0.25, -0.2) is 14.1 Å². The maximum atomic E-state index is 13.4. The molecular weight excluding hydrogens is 247 g/mol. The van der Waals surface area contributed by atoms with Crippen molar-refractivity contribution in [3.63, 3.8) is 0 Å². The molecule has 0 spiro atoms. The summed E-state index contributed by atoms with van der Waals surface area (Å²) < 4.78 is 20.5. The normalized spacial score (nSPS) is 22.0. The lowest BCUT2D eigenvalue weighted by Crippen LogP contribution is -2.30. The maximum Gasteiger partial charge on any atom is 0.188 e. The van der Waals surface area contributed by atoms with Crippen molar-refractivity contribution < 1.29 is 9.13 Å². The zero-order chi connectivity index (χ0) is 13.2. The third-order valence-corrected chi connectivity index (χ3v) is 3.07. The number of para-hydroxylation sites is 1. The topological polar surface area (TPSA) is 66.0 Å². The Hall–Kier alpha value is -1.95. The molecule has 0 saturated carbocycles. The average molecular weight is 262 g/mol. The molecule has 0 saturated heterocycles. The lowest BCUT2D eigenvalue weighted by atomic mass is 10.1. The molecule has 2 heterocycles. The molecule has 0 amide bonds. The molecule has 2 atom stereocenters. The first-order valence-electron chi connectivity index (χ1n) is 6.23. The van der Waals surface area contributed by atoms with Crippen LogP contribution in [0.3, 0.4) is 0 Å². The predicted molar refractivity (Wildman–Crippen MR) is 67.2 cm³/mol. The first-order chi connectivity index (χ1) is 9.22. The zero-order valence-electron chi connectivity index (χ0n) is 10.4. The number of fused-ring (bicyclic) bond motifs is 1. The average Bonchev–Trinajstić information content (AvgIpc) is 2.81. The molecule has 5 nitrogen and oxygen atoms in total. The Labute approximate surface area is 110 Å². The molecule has 6 heteroatoms. The SMILES string of the molecule is NC1CC(F)Cn2nc(COc3ccccc3)nc21. The fourth-order valence-corrected chi connectivity index (χ4v) is 2.18. The highest BCUT2D eigenvalue weighted by molar-refractivity contribution is 5.21. The Morgan fingerprint density at radius 3 is 2.95 bits per heavy atom. The standard InChI is InChI=1S/C13H15FN4O/c14-9-6-11(15)13-16-12(17-18(13)7-9)8-19-10-4-2-1-3-5-10/h1-5,9,11H,6-8,15H2. The van der Waals surface area contributed by atoms with Gasteiger partial charge in [-0.2, -0.15) is 5.10 Å². The van der Waals surface area contributed by atoms with E-state index in [0.717, 1.165) is 5.75 Å². The van der Waals surface area contributed by atoms with Crippen LogP contribution in [0.15, 0.2) is 30.3 Å². The number of aromatic nitrogens is 3. The monoisotopic (exact) mass is 262 g/mol. The molecule has 0 radical (unpaired) electrons. The van der Waals surface area contributed by atoms with E-state index in [1.165, 1.54) is 0 Å². The molecule has 0 fully saturated rings. The maximum absolute atomic E-state index is 13.4. The molecular formula is C13H15FN4O. The smallest absolute Gasteiger partial charge is 0.188 e. The lowest BCUT2D eigenvalue weighted by Gasteiger charge is -2.21. The van der Waals surface area contributed by atoms with Crippen molar-refractivity contribution >= 4 is 0 Å². The van der Waals surface area contributed by atoms with Crippen LogP contribution in [0.2, 0.25) is 0 Å². The number of hydrogen-bond donors (Lipinski definition) is 1. The molecule has 1 aliphatic heterocycles. The van der Waals surface area contributed by atoms with Gasteiger partial charge in [-0.3, -0.25) is 0 Å². The van der Waals surface area contributed by atoms with E-state index in [1.54, 1.807) is 4.68 Å². The number of ether oxygens (including phenoxy) is 1. The van der Waals surface area contributed by atoms with E-state index in [2.05, 4.69) is 10.1 Å². The van der Waals surface area contributed by atoms with E-state index >= 15 is 0 Å². The summed E-state index contributed by atoms with van der Waals surface area (Å²) in [6.45, 7) is 0.481. The van der Waals surface area contributed by atoms with Crippen LogP contribution in [0.5, 0.6) is 5.75 Å². The van der Waals surface area contributed by atoms with Gasteiger partial charge in [0, 0.05) is 6.42 Å². The number of benzene rings is 1. The van der Waals surface area contributed by atoms with E-state index in [0.29, 0.717) is 18.1 Å². The van der Waals surface area contributed by atoms with Crippen molar-refractivity contribution in [2.24, 2.45) is 5.73 Å². The molecule has 0 aliphatic carbocycles. The van der Waals surface area contributed by atoms with Crippen LogP contribution in [-0.4, -0.2) is 20.9 Å². The summed E-state index contributed by atoms with van der Waals surface area (Å²) in [6.07, 6.45) is -0.649. The van der Waals surface area contributed by atoms with Gasteiger partial charge in [-0.1, -0.05) is 18.2 Å². The van der Waals surface area contributed by atoms with Gasteiger partial charge >= 0.3 is 0 Å². The van der Waals surface area contributed by atoms with E-state index < -0.39 is 6.17 Å². The first-order valence-corrected chi connectivity index (χ1v) is 6.23. The highest BCUT2D eigenvalue weighted by Gasteiger charge is 2.27. The van der Waals surface area contributed by atoms with Crippen LogP contribution in [0.4, 0.5) is 4.39 Å². The van der Waals surface area contributed by atoms with Crippen molar-refractivity contribution in [3.8, 4) is 5.75 Å². The van der Waals surface area contributed by atoms with Crippen molar-refractivity contribution in [2.45, 2.75) is 31.8 Å². The lowest BCUT2D eigenvalue weighted by molar-refractivity contribution is 0.219. The Balaban J connectivity index is 1.71. The first kappa shape index (κ1) is 12.1. The van der Waals surface area contributed by atoms with Crippen LogP contribution in [-0.2, 0) is 13.2 Å². The molecule has 19 heavy (non-hydrogen) atoms. The van der Waals surface area contributed by atoms with Crippen LogP contribution in [0.25, 0.3) is 0 Å². The summed E-state index contributed by atoms with van der Waals surface area (Å²) in [4.78, 5) is 4.32. The highest BCUT2D eigenvalue weighted by atomic mass is 19.1. The second-order valence-corrected chi connectivity index (χ2v) is 4.61. The molecule has 1 aromatic carbocycles. The molecule has 1 aliphatic rings. The minimum atomic E-state index is -0.952. The number of hydrogen-bond acceptors (Lipinski definition) is 4. The van der Waals surface area contributed by atoms with Crippen molar-refractivity contribution in [3.05, 3.63) is 42.0 Å². The highest BCUT2D eigenvalue weighted by Crippen LogP contribution is 2.23. The fraction of sp³-hybridized carbons (Fsp3) is 0.385. The molecule has 0 bridgehead atoms. The van der Waals surface area contributed by atoms with Gasteiger partial charge in [-0.15, -0.1) is 0 Å². The summed E-state index contributed by atoms with van der Waals surface area (Å²) in [5, 5.41) is 4.23. The van der Waals surface area contributed by atoms with Crippen LogP contribution in [0, 0.1) is 0 Å². The van der Waals surface area contributed by atoms with Crippen LogP contribution < -0.4 is 10.5 Å². The Bertz CT molecular complexity index is 557.